The second kappa shape index (κ2) is 6.97. The highest BCUT2D eigenvalue weighted by Crippen LogP contribution is 2.39. The highest BCUT2D eigenvalue weighted by Gasteiger charge is 2.26. The molecule has 0 radical (unpaired) electrons. The summed E-state index contributed by atoms with van der Waals surface area (Å²) in [6, 6.07) is 9.18. The minimum absolute atomic E-state index is 0.188. The molecular weight excluding hydrogens is 372 g/mol. The Morgan fingerprint density at radius 1 is 1.38 bits per heavy atom. The topological polar surface area (TPSA) is 65.3 Å². The number of nitrogens with zero attached hydrogens (tertiary/aromatic N) is 1. The van der Waals surface area contributed by atoms with Crippen molar-refractivity contribution in [3.05, 3.63) is 74.8 Å². The number of halogens is 1. The standard InChI is InChI=1S/C19H15ClN2O3S/c20-17-8-14(13-3-5-26-11-13)6-15-7-16(25-18(15)17)9-21-19(23)12-2-1-4-22(24)10-12/h1-6,8,10-11,16H,7,9H2,(H,21,23). The maximum absolute atomic E-state index is 12.2. The molecule has 1 atom stereocenters. The largest absolute Gasteiger partial charge is 0.619 e. The molecule has 3 heterocycles. The highest BCUT2D eigenvalue weighted by atomic mass is 35.5. The Balaban J connectivity index is 1.44. The minimum atomic E-state index is -0.306. The van der Waals surface area contributed by atoms with Gasteiger partial charge < -0.3 is 15.3 Å². The first-order valence-electron chi connectivity index (χ1n) is 8.09. The Morgan fingerprint density at radius 2 is 2.27 bits per heavy atom. The molecule has 0 saturated carbocycles. The van der Waals surface area contributed by atoms with E-state index >= 15 is 0 Å². The van der Waals surface area contributed by atoms with Gasteiger partial charge in [0.15, 0.2) is 12.4 Å². The number of thiophene rings is 1. The van der Waals surface area contributed by atoms with Gasteiger partial charge in [-0.2, -0.15) is 16.1 Å². The summed E-state index contributed by atoms with van der Waals surface area (Å²) in [5.41, 5.74) is 3.55. The molecule has 1 unspecified atom stereocenters. The van der Waals surface area contributed by atoms with Crippen LogP contribution in [0.2, 0.25) is 5.02 Å². The fraction of sp³-hybridized carbons (Fsp3) is 0.158. The van der Waals surface area contributed by atoms with E-state index < -0.39 is 0 Å². The van der Waals surface area contributed by atoms with E-state index in [-0.39, 0.29) is 12.0 Å². The second-order valence-corrected chi connectivity index (χ2v) is 7.25. The van der Waals surface area contributed by atoms with E-state index in [4.69, 9.17) is 16.3 Å². The summed E-state index contributed by atoms with van der Waals surface area (Å²) < 4.78 is 6.51. The number of hydrogen-bond donors (Lipinski definition) is 1. The maximum atomic E-state index is 12.2. The van der Waals surface area contributed by atoms with Crippen molar-refractivity contribution >= 4 is 28.8 Å². The lowest BCUT2D eigenvalue weighted by Gasteiger charge is -2.12. The van der Waals surface area contributed by atoms with Crippen LogP contribution in [0.1, 0.15) is 15.9 Å². The van der Waals surface area contributed by atoms with Gasteiger partial charge in [-0.3, -0.25) is 4.79 Å². The molecule has 0 saturated heterocycles. The van der Waals surface area contributed by atoms with Gasteiger partial charge in [0.2, 0.25) is 0 Å². The van der Waals surface area contributed by atoms with Crippen LogP contribution in [-0.2, 0) is 6.42 Å². The van der Waals surface area contributed by atoms with Crippen LogP contribution < -0.4 is 14.8 Å². The molecular formula is C19H15ClN2O3S. The molecule has 1 aromatic carbocycles. The molecule has 0 spiro atoms. The zero-order valence-electron chi connectivity index (χ0n) is 13.6. The Morgan fingerprint density at radius 3 is 3.04 bits per heavy atom. The fourth-order valence-electron chi connectivity index (χ4n) is 2.99. The summed E-state index contributed by atoms with van der Waals surface area (Å²) in [6.07, 6.45) is 3.06. The number of rotatable bonds is 4. The molecule has 5 nitrogen and oxygen atoms in total. The number of pyridine rings is 1. The van der Waals surface area contributed by atoms with Gasteiger partial charge in [0.1, 0.15) is 17.4 Å². The zero-order valence-corrected chi connectivity index (χ0v) is 15.2. The van der Waals surface area contributed by atoms with E-state index in [0.29, 0.717) is 34.0 Å². The Bertz CT molecular complexity index is 959. The second-order valence-electron chi connectivity index (χ2n) is 6.06. The quantitative estimate of drug-likeness (QED) is 0.551. The van der Waals surface area contributed by atoms with Crippen molar-refractivity contribution in [1.29, 1.82) is 0 Å². The minimum Gasteiger partial charge on any atom is -0.619 e. The van der Waals surface area contributed by atoms with Crippen molar-refractivity contribution in [3.63, 3.8) is 0 Å². The lowest BCUT2D eigenvalue weighted by molar-refractivity contribution is -0.605. The Hall–Kier alpha value is -2.57. The number of benzene rings is 1. The Kier molecular flexibility index (Phi) is 4.53. The summed E-state index contributed by atoms with van der Waals surface area (Å²) in [6.45, 7) is 0.339. The molecule has 132 valence electrons. The SMILES string of the molecule is O=C(NCC1Cc2cc(-c3ccsc3)cc(Cl)c2O1)c1ccc[n+]([O-])c1. The van der Waals surface area contributed by atoms with Crippen LogP contribution in [0.3, 0.4) is 0 Å². The molecule has 1 aliphatic rings. The predicted molar refractivity (Wildman–Crippen MR) is 101 cm³/mol. The third-order valence-corrected chi connectivity index (χ3v) is 5.20. The Labute approximate surface area is 159 Å². The van der Waals surface area contributed by atoms with Gasteiger partial charge in [0, 0.05) is 18.1 Å². The van der Waals surface area contributed by atoms with Crippen LogP contribution in [0.25, 0.3) is 11.1 Å². The van der Waals surface area contributed by atoms with Crippen LogP contribution in [0.4, 0.5) is 0 Å². The number of aromatic nitrogens is 1. The van der Waals surface area contributed by atoms with Crippen molar-refractivity contribution < 1.29 is 14.3 Å². The highest BCUT2D eigenvalue weighted by molar-refractivity contribution is 7.08. The van der Waals surface area contributed by atoms with Crippen molar-refractivity contribution in [2.24, 2.45) is 0 Å². The molecule has 1 amide bonds. The van der Waals surface area contributed by atoms with E-state index in [1.165, 1.54) is 18.5 Å². The maximum Gasteiger partial charge on any atom is 0.257 e. The summed E-state index contributed by atoms with van der Waals surface area (Å²) >= 11 is 8.03. The summed E-state index contributed by atoms with van der Waals surface area (Å²) in [7, 11) is 0. The number of carbonyl (C=O) groups is 1. The molecule has 26 heavy (non-hydrogen) atoms. The van der Waals surface area contributed by atoms with Crippen molar-refractivity contribution in [1.82, 2.24) is 5.32 Å². The first-order chi connectivity index (χ1) is 12.6. The molecule has 2 aromatic heterocycles. The average molecular weight is 387 g/mol. The lowest BCUT2D eigenvalue weighted by atomic mass is 10.0. The van der Waals surface area contributed by atoms with Gasteiger partial charge in [0.25, 0.3) is 5.91 Å². The fourth-order valence-corrected chi connectivity index (χ4v) is 3.94. The number of nitrogens with one attached hydrogen (secondary N) is 1. The van der Waals surface area contributed by atoms with Crippen molar-refractivity contribution in [2.75, 3.05) is 6.54 Å². The molecule has 4 rings (SSSR count). The molecule has 0 fully saturated rings. The van der Waals surface area contributed by atoms with Gasteiger partial charge in [-0.25, -0.2) is 0 Å². The number of hydrogen-bond acceptors (Lipinski definition) is 4. The summed E-state index contributed by atoms with van der Waals surface area (Å²) in [5.74, 6) is 0.377. The first kappa shape index (κ1) is 16.9. The van der Waals surface area contributed by atoms with Gasteiger partial charge in [0.05, 0.1) is 11.6 Å². The molecule has 0 bridgehead atoms. The monoisotopic (exact) mass is 386 g/mol. The molecule has 3 aromatic rings. The first-order valence-corrected chi connectivity index (χ1v) is 9.41. The van der Waals surface area contributed by atoms with Gasteiger partial charge in [-0.15, -0.1) is 0 Å². The van der Waals surface area contributed by atoms with E-state index in [0.717, 1.165) is 16.7 Å². The normalized spacial score (nSPS) is 15.3. The van der Waals surface area contributed by atoms with Crippen LogP contribution in [0.5, 0.6) is 5.75 Å². The summed E-state index contributed by atoms with van der Waals surface area (Å²) in [5, 5.41) is 18.8. The van der Waals surface area contributed by atoms with E-state index in [9.17, 15) is 10.0 Å². The van der Waals surface area contributed by atoms with Crippen LogP contribution in [0, 0.1) is 5.21 Å². The van der Waals surface area contributed by atoms with Crippen molar-refractivity contribution in [3.8, 4) is 16.9 Å². The van der Waals surface area contributed by atoms with Crippen LogP contribution in [-0.4, -0.2) is 18.6 Å². The van der Waals surface area contributed by atoms with Crippen LogP contribution >= 0.6 is 22.9 Å². The van der Waals surface area contributed by atoms with E-state index in [1.807, 2.05) is 11.4 Å². The smallest absolute Gasteiger partial charge is 0.257 e. The molecule has 7 heteroatoms. The van der Waals surface area contributed by atoms with Crippen LogP contribution in [0.15, 0.2) is 53.5 Å². The number of amides is 1. The number of carbonyl (C=O) groups excluding carboxylic acids is 1. The third-order valence-electron chi connectivity index (χ3n) is 4.23. The zero-order chi connectivity index (χ0) is 18.1. The van der Waals surface area contributed by atoms with E-state index in [1.54, 1.807) is 17.4 Å². The number of fused-ring (bicyclic) bond motifs is 1. The molecule has 1 aliphatic heterocycles. The predicted octanol–water partition coefficient (Wildman–Crippen LogP) is 3.44. The third kappa shape index (κ3) is 3.38. The molecule has 0 aliphatic carbocycles. The number of ether oxygens (including phenoxy) is 1. The van der Waals surface area contributed by atoms with Gasteiger partial charge in [-0.05, 0) is 46.2 Å². The summed E-state index contributed by atoms with van der Waals surface area (Å²) in [4.78, 5) is 12.2. The van der Waals surface area contributed by atoms with Gasteiger partial charge >= 0.3 is 0 Å². The molecule has 1 N–H and O–H groups in total. The lowest BCUT2D eigenvalue weighted by Crippen LogP contribution is -2.36. The average Bonchev–Trinajstić information content (AvgIpc) is 3.29. The van der Waals surface area contributed by atoms with Crippen molar-refractivity contribution in [2.45, 2.75) is 12.5 Å². The van der Waals surface area contributed by atoms with E-state index in [2.05, 4.69) is 22.8 Å². The van der Waals surface area contributed by atoms with Gasteiger partial charge in [-0.1, -0.05) is 11.6 Å².